The van der Waals surface area contributed by atoms with Gasteiger partial charge in [-0.1, -0.05) is 37.6 Å². The molecule has 0 aliphatic heterocycles. The highest BCUT2D eigenvalue weighted by Gasteiger charge is 2.19. The molecule has 0 fully saturated rings. The second-order valence-corrected chi connectivity index (χ2v) is 6.27. The Balaban J connectivity index is 2.62. The molecule has 2 aromatic rings. The van der Waals surface area contributed by atoms with Crippen LogP contribution in [0, 0.1) is 5.92 Å². The molecule has 0 saturated heterocycles. The van der Waals surface area contributed by atoms with E-state index in [2.05, 4.69) is 34.9 Å². The highest BCUT2D eigenvalue weighted by Crippen LogP contribution is 2.36. The highest BCUT2D eigenvalue weighted by molar-refractivity contribution is 9.10. The molecule has 0 amide bonds. The van der Waals surface area contributed by atoms with Crippen LogP contribution in [0.1, 0.15) is 19.4 Å². The molecular formula is C14H17BrClN3. The van der Waals surface area contributed by atoms with Crippen molar-refractivity contribution in [3.8, 4) is 11.3 Å². The Morgan fingerprint density at radius 1 is 1.42 bits per heavy atom. The monoisotopic (exact) mass is 341 g/mol. The minimum atomic E-state index is 0.510. The molecule has 0 aliphatic carbocycles. The summed E-state index contributed by atoms with van der Waals surface area (Å²) in [5, 5.41) is 5.19. The highest BCUT2D eigenvalue weighted by atomic mass is 79.9. The topological polar surface area (TPSA) is 43.8 Å². The summed E-state index contributed by atoms with van der Waals surface area (Å²) in [4.78, 5) is 0. The number of halogens is 2. The number of rotatable bonds is 3. The molecule has 1 aromatic heterocycles. The fourth-order valence-corrected chi connectivity index (χ4v) is 2.68. The Morgan fingerprint density at radius 3 is 2.74 bits per heavy atom. The van der Waals surface area contributed by atoms with Gasteiger partial charge in [-0.05, 0) is 34.3 Å². The predicted molar refractivity (Wildman–Crippen MR) is 84.3 cm³/mol. The maximum Gasteiger partial charge on any atom is 0.125 e. The van der Waals surface area contributed by atoms with E-state index in [0.29, 0.717) is 16.8 Å². The quantitative estimate of drug-likeness (QED) is 0.904. The van der Waals surface area contributed by atoms with Gasteiger partial charge in [0.25, 0.3) is 0 Å². The molecule has 0 saturated carbocycles. The van der Waals surface area contributed by atoms with E-state index in [1.165, 1.54) is 0 Å². The van der Waals surface area contributed by atoms with Crippen LogP contribution in [0.3, 0.4) is 0 Å². The van der Waals surface area contributed by atoms with E-state index in [1.807, 2.05) is 25.2 Å². The molecule has 1 heterocycles. The molecule has 0 atom stereocenters. The first kappa shape index (κ1) is 14.4. The van der Waals surface area contributed by atoms with Gasteiger partial charge in [0.1, 0.15) is 5.82 Å². The molecule has 0 spiro atoms. The lowest BCUT2D eigenvalue weighted by molar-refractivity contribution is 0.648. The van der Waals surface area contributed by atoms with Gasteiger partial charge in [0.15, 0.2) is 0 Å². The van der Waals surface area contributed by atoms with E-state index < -0.39 is 0 Å². The third-order valence-corrected chi connectivity index (χ3v) is 4.31. The lowest BCUT2D eigenvalue weighted by Crippen LogP contribution is -2.02. The molecule has 0 unspecified atom stereocenters. The Morgan fingerprint density at radius 2 is 2.11 bits per heavy atom. The summed E-state index contributed by atoms with van der Waals surface area (Å²) in [6, 6.07) is 5.84. The number of hydrogen-bond acceptors (Lipinski definition) is 2. The van der Waals surface area contributed by atoms with E-state index in [-0.39, 0.29) is 0 Å². The molecule has 5 heteroatoms. The number of aromatic nitrogens is 2. The zero-order chi connectivity index (χ0) is 14.2. The average Bonchev–Trinajstić information content (AvgIpc) is 2.60. The van der Waals surface area contributed by atoms with Crippen molar-refractivity contribution in [1.82, 2.24) is 9.78 Å². The largest absolute Gasteiger partial charge is 0.384 e. The third-order valence-electron chi connectivity index (χ3n) is 3.01. The fourth-order valence-electron chi connectivity index (χ4n) is 2.09. The van der Waals surface area contributed by atoms with Gasteiger partial charge in [0.2, 0.25) is 0 Å². The summed E-state index contributed by atoms with van der Waals surface area (Å²) in [6.45, 7) is 4.33. The zero-order valence-electron chi connectivity index (χ0n) is 11.2. The first-order valence-corrected chi connectivity index (χ1v) is 7.34. The van der Waals surface area contributed by atoms with Crippen molar-refractivity contribution in [3.63, 3.8) is 0 Å². The summed E-state index contributed by atoms with van der Waals surface area (Å²) >= 11 is 9.81. The van der Waals surface area contributed by atoms with Gasteiger partial charge in [0, 0.05) is 22.6 Å². The second-order valence-electron chi connectivity index (χ2n) is 5.04. The van der Waals surface area contributed by atoms with Gasteiger partial charge in [-0.25, -0.2) is 0 Å². The molecule has 2 rings (SSSR count). The average molecular weight is 343 g/mol. The lowest BCUT2D eigenvalue weighted by atomic mass is 9.99. The number of hydrogen-bond donors (Lipinski definition) is 1. The van der Waals surface area contributed by atoms with Crippen LogP contribution in [0.15, 0.2) is 22.7 Å². The normalized spacial score (nSPS) is 11.3. The predicted octanol–water partition coefficient (Wildman–Crippen LogP) is 4.28. The van der Waals surface area contributed by atoms with Crippen LogP contribution in [-0.2, 0) is 13.5 Å². The maximum absolute atomic E-state index is 6.36. The van der Waals surface area contributed by atoms with Crippen LogP contribution in [-0.4, -0.2) is 9.78 Å². The summed E-state index contributed by atoms with van der Waals surface area (Å²) < 4.78 is 2.58. The SMILES string of the molecule is CC(C)Cc1c(-c2cccc(Br)c2Cl)nn(C)c1N. The molecule has 0 aliphatic rings. The lowest BCUT2D eigenvalue weighted by Gasteiger charge is -2.08. The molecular weight excluding hydrogens is 326 g/mol. The van der Waals surface area contributed by atoms with Crippen LogP contribution in [0.5, 0.6) is 0 Å². The van der Waals surface area contributed by atoms with Gasteiger partial charge < -0.3 is 5.73 Å². The molecule has 0 bridgehead atoms. The minimum Gasteiger partial charge on any atom is -0.384 e. The summed E-state index contributed by atoms with van der Waals surface area (Å²) in [7, 11) is 1.86. The van der Waals surface area contributed by atoms with Gasteiger partial charge >= 0.3 is 0 Å². The summed E-state index contributed by atoms with van der Waals surface area (Å²) in [6.07, 6.45) is 0.887. The van der Waals surface area contributed by atoms with Crippen LogP contribution < -0.4 is 5.73 Å². The summed E-state index contributed by atoms with van der Waals surface area (Å²) in [5.41, 5.74) is 8.98. The van der Waals surface area contributed by atoms with Crippen molar-refractivity contribution in [2.45, 2.75) is 20.3 Å². The van der Waals surface area contributed by atoms with Crippen molar-refractivity contribution in [1.29, 1.82) is 0 Å². The molecule has 1 aromatic carbocycles. The van der Waals surface area contributed by atoms with Gasteiger partial charge in [-0.15, -0.1) is 0 Å². The number of nitrogen functional groups attached to an aromatic ring is 1. The van der Waals surface area contributed by atoms with Crippen LogP contribution in [0.25, 0.3) is 11.3 Å². The van der Waals surface area contributed by atoms with Gasteiger partial charge in [-0.2, -0.15) is 5.10 Å². The van der Waals surface area contributed by atoms with Crippen molar-refractivity contribution >= 4 is 33.3 Å². The second kappa shape index (κ2) is 5.55. The van der Waals surface area contributed by atoms with Gasteiger partial charge in [0.05, 0.1) is 10.7 Å². The van der Waals surface area contributed by atoms with Crippen molar-refractivity contribution < 1.29 is 0 Å². The number of nitrogens with two attached hydrogens (primary N) is 1. The van der Waals surface area contributed by atoms with E-state index in [1.54, 1.807) is 4.68 Å². The third kappa shape index (κ3) is 2.79. The Labute approximate surface area is 126 Å². The molecule has 3 nitrogen and oxygen atoms in total. The van der Waals surface area contributed by atoms with E-state index >= 15 is 0 Å². The Hall–Kier alpha value is -1.00. The number of anilines is 1. The van der Waals surface area contributed by atoms with Crippen LogP contribution in [0.2, 0.25) is 5.02 Å². The molecule has 102 valence electrons. The number of nitrogens with zero attached hydrogens (tertiary/aromatic N) is 2. The summed E-state index contributed by atoms with van der Waals surface area (Å²) in [5.74, 6) is 1.22. The Bertz CT molecular complexity index is 605. The number of aryl methyl sites for hydroxylation is 1. The zero-order valence-corrected chi connectivity index (χ0v) is 13.6. The molecule has 2 N–H and O–H groups in total. The van der Waals surface area contributed by atoms with E-state index in [9.17, 15) is 0 Å². The van der Waals surface area contributed by atoms with E-state index in [0.717, 1.165) is 27.7 Å². The number of benzene rings is 1. The molecule has 0 radical (unpaired) electrons. The van der Waals surface area contributed by atoms with Crippen molar-refractivity contribution in [3.05, 3.63) is 33.3 Å². The van der Waals surface area contributed by atoms with Crippen molar-refractivity contribution in [2.75, 3.05) is 5.73 Å². The first-order chi connectivity index (χ1) is 8.91. The van der Waals surface area contributed by atoms with Crippen LogP contribution >= 0.6 is 27.5 Å². The maximum atomic E-state index is 6.36. The van der Waals surface area contributed by atoms with E-state index in [4.69, 9.17) is 17.3 Å². The van der Waals surface area contributed by atoms with Crippen LogP contribution in [0.4, 0.5) is 5.82 Å². The standard InChI is InChI=1S/C14H17BrClN3/c1-8(2)7-10-13(18-19(3)14(10)17)9-5-4-6-11(15)12(9)16/h4-6,8H,7,17H2,1-3H3. The minimum absolute atomic E-state index is 0.510. The van der Waals surface area contributed by atoms with Crippen molar-refractivity contribution in [2.24, 2.45) is 13.0 Å². The first-order valence-electron chi connectivity index (χ1n) is 6.17. The smallest absolute Gasteiger partial charge is 0.125 e. The molecule has 19 heavy (non-hydrogen) atoms. The Kier molecular flexibility index (Phi) is 4.21. The fraction of sp³-hybridized carbons (Fsp3) is 0.357. The van der Waals surface area contributed by atoms with Gasteiger partial charge in [-0.3, -0.25) is 4.68 Å².